The molecule has 0 unspecified atom stereocenters. The van der Waals surface area contributed by atoms with Crippen molar-refractivity contribution in [2.75, 3.05) is 19.7 Å². The predicted octanol–water partition coefficient (Wildman–Crippen LogP) is 3.33. The Balaban J connectivity index is 1.49. The molecule has 1 aliphatic heterocycles. The molecular formula is C19H18FN3O3. The van der Waals surface area contributed by atoms with Crippen LogP contribution in [0.15, 0.2) is 46.9 Å². The fraction of sp³-hybridized carbons (Fsp3) is 0.263. The molecule has 3 heterocycles. The quantitative estimate of drug-likeness (QED) is 0.782. The first-order valence-electron chi connectivity index (χ1n) is 8.39. The maximum absolute atomic E-state index is 13.1. The molecule has 3 aromatic rings. The zero-order valence-electron chi connectivity index (χ0n) is 14.2. The van der Waals surface area contributed by atoms with E-state index < -0.39 is 0 Å². The summed E-state index contributed by atoms with van der Waals surface area (Å²) in [7, 11) is 0. The third-order valence-corrected chi connectivity index (χ3v) is 4.40. The van der Waals surface area contributed by atoms with Gasteiger partial charge in [-0.2, -0.15) is 5.10 Å². The second-order valence-electron chi connectivity index (χ2n) is 6.24. The van der Waals surface area contributed by atoms with Crippen molar-refractivity contribution in [1.82, 2.24) is 15.1 Å². The molecule has 1 fully saturated rings. The highest BCUT2D eigenvalue weighted by Gasteiger charge is 2.27. The highest BCUT2D eigenvalue weighted by molar-refractivity contribution is 5.93. The molecule has 1 aromatic carbocycles. The Morgan fingerprint density at radius 2 is 2.08 bits per heavy atom. The minimum Gasteiger partial charge on any atom is -0.460 e. The maximum Gasteiger partial charge on any atom is 0.274 e. The number of aromatic nitrogens is 2. The molecule has 1 atom stereocenters. The summed E-state index contributed by atoms with van der Waals surface area (Å²) >= 11 is 0. The molecule has 1 N–H and O–H groups in total. The van der Waals surface area contributed by atoms with E-state index >= 15 is 0 Å². The first kappa shape index (κ1) is 16.5. The van der Waals surface area contributed by atoms with Gasteiger partial charge in [0.05, 0.1) is 13.2 Å². The number of hydrogen-bond acceptors (Lipinski definition) is 4. The van der Waals surface area contributed by atoms with E-state index in [0.717, 1.165) is 11.3 Å². The van der Waals surface area contributed by atoms with Crippen molar-refractivity contribution < 1.29 is 18.3 Å². The summed E-state index contributed by atoms with van der Waals surface area (Å²) in [5.74, 6) is 0.957. The van der Waals surface area contributed by atoms with Crippen molar-refractivity contribution in [1.29, 1.82) is 0 Å². The number of ether oxygens (including phenoxy) is 1. The largest absolute Gasteiger partial charge is 0.460 e. The smallest absolute Gasteiger partial charge is 0.274 e. The summed E-state index contributed by atoms with van der Waals surface area (Å²) in [5.41, 5.74) is 1.83. The second-order valence-corrected chi connectivity index (χ2v) is 6.24. The molecule has 1 aliphatic rings. The number of morpholine rings is 1. The minimum atomic E-state index is -0.297. The normalized spacial score (nSPS) is 17.5. The highest BCUT2D eigenvalue weighted by atomic mass is 19.1. The molecule has 134 valence electrons. The Labute approximate surface area is 149 Å². The van der Waals surface area contributed by atoms with Crippen LogP contribution in [0.4, 0.5) is 4.39 Å². The van der Waals surface area contributed by atoms with Gasteiger partial charge >= 0.3 is 0 Å². The first-order chi connectivity index (χ1) is 12.6. The summed E-state index contributed by atoms with van der Waals surface area (Å²) in [5, 5.41) is 6.96. The van der Waals surface area contributed by atoms with E-state index in [1.54, 1.807) is 23.1 Å². The standard InChI is InChI=1S/C19H18FN3O3/c1-12-2-7-17(26-12)15-10-16(22-21-15)19(24)23-8-9-25-18(11-23)13-3-5-14(20)6-4-13/h2-7,10,18H,8-9,11H2,1H3,(H,21,22)/t18-/m1/s1. The zero-order valence-corrected chi connectivity index (χ0v) is 14.2. The fourth-order valence-corrected chi connectivity index (χ4v) is 3.01. The number of nitrogens with one attached hydrogen (secondary N) is 1. The van der Waals surface area contributed by atoms with Crippen molar-refractivity contribution in [2.45, 2.75) is 13.0 Å². The molecule has 0 radical (unpaired) electrons. The van der Waals surface area contributed by atoms with Crippen LogP contribution in [0.3, 0.4) is 0 Å². The topological polar surface area (TPSA) is 71.4 Å². The Hall–Kier alpha value is -2.93. The average Bonchev–Trinajstić information content (AvgIpc) is 3.31. The molecule has 4 rings (SSSR count). The van der Waals surface area contributed by atoms with Gasteiger partial charge in [-0.25, -0.2) is 4.39 Å². The van der Waals surface area contributed by atoms with Crippen molar-refractivity contribution in [3.8, 4) is 11.5 Å². The summed E-state index contributed by atoms with van der Waals surface area (Å²) in [6.07, 6.45) is -0.278. The lowest BCUT2D eigenvalue weighted by Crippen LogP contribution is -2.42. The lowest BCUT2D eigenvalue weighted by Gasteiger charge is -2.32. The molecule has 2 aromatic heterocycles. The zero-order chi connectivity index (χ0) is 18.1. The van der Waals surface area contributed by atoms with Crippen LogP contribution in [0, 0.1) is 12.7 Å². The van der Waals surface area contributed by atoms with Crippen LogP contribution >= 0.6 is 0 Å². The Morgan fingerprint density at radius 1 is 1.27 bits per heavy atom. The number of furan rings is 1. The molecule has 1 saturated heterocycles. The van der Waals surface area contributed by atoms with Crippen LogP contribution in [-0.4, -0.2) is 40.7 Å². The molecule has 26 heavy (non-hydrogen) atoms. The Bertz CT molecular complexity index is 916. The number of rotatable bonds is 3. The van der Waals surface area contributed by atoms with Gasteiger partial charge in [-0.3, -0.25) is 9.89 Å². The van der Waals surface area contributed by atoms with Crippen LogP contribution < -0.4 is 0 Å². The van der Waals surface area contributed by atoms with Crippen molar-refractivity contribution in [2.24, 2.45) is 0 Å². The fourth-order valence-electron chi connectivity index (χ4n) is 3.01. The monoisotopic (exact) mass is 355 g/mol. The van der Waals surface area contributed by atoms with Gasteiger partial charge < -0.3 is 14.1 Å². The van der Waals surface area contributed by atoms with Gasteiger partial charge in [0.15, 0.2) is 11.5 Å². The Morgan fingerprint density at radius 3 is 2.81 bits per heavy atom. The van der Waals surface area contributed by atoms with E-state index in [2.05, 4.69) is 10.2 Å². The van der Waals surface area contributed by atoms with Gasteiger partial charge in [0.25, 0.3) is 5.91 Å². The number of H-pyrrole nitrogens is 1. The van der Waals surface area contributed by atoms with E-state index in [1.165, 1.54) is 12.1 Å². The number of benzene rings is 1. The average molecular weight is 355 g/mol. The molecule has 7 heteroatoms. The molecular weight excluding hydrogens is 337 g/mol. The number of hydrogen-bond donors (Lipinski definition) is 1. The number of carbonyl (C=O) groups excluding carboxylic acids is 1. The van der Waals surface area contributed by atoms with Crippen molar-refractivity contribution in [3.05, 3.63) is 65.3 Å². The molecule has 0 aliphatic carbocycles. The number of nitrogens with zero attached hydrogens (tertiary/aromatic N) is 2. The van der Waals surface area contributed by atoms with Crippen molar-refractivity contribution >= 4 is 5.91 Å². The van der Waals surface area contributed by atoms with Gasteiger partial charge in [0, 0.05) is 12.6 Å². The van der Waals surface area contributed by atoms with E-state index in [4.69, 9.17) is 9.15 Å². The van der Waals surface area contributed by atoms with E-state index in [-0.39, 0.29) is 17.8 Å². The number of carbonyl (C=O) groups is 1. The SMILES string of the molecule is Cc1ccc(-c2cc(C(=O)N3CCO[C@@H](c4ccc(F)cc4)C3)n[nH]2)o1. The van der Waals surface area contributed by atoms with Crippen LogP contribution in [0.1, 0.15) is 27.9 Å². The molecule has 6 nitrogen and oxygen atoms in total. The number of aryl methyl sites for hydroxylation is 1. The van der Waals surface area contributed by atoms with E-state index in [0.29, 0.717) is 36.8 Å². The summed E-state index contributed by atoms with van der Waals surface area (Å²) < 4.78 is 24.4. The van der Waals surface area contributed by atoms with Crippen LogP contribution in [0.5, 0.6) is 0 Å². The van der Waals surface area contributed by atoms with Crippen LogP contribution in [0.25, 0.3) is 11.5 Å². The molecule has 1 amide bonds. The Kier molecular flexibility index (Phi) is 4.30. The minimum absolute atomic E-state index is 0.175. The number of halogens is 1. The van der Waals surface area contributed by atoms with Gasteiger partial charge in [-0.15, -0.1) is 0 Å². The lowest BCUT2D eigenvalue weighted by atomic mass is 10.1. The summed E-state index contributed by atoms with van der Waals surface area (Å²) in [6.45, 7) is 3.16. The van der Waals surface area contributed by atoms with Crippen molar-refractivity contribution in [3.63, 3.8) is 0 Å². The highest BCUT2D eigenvalue weighted by Crippen LogP contribution is 2.25. The second kappa shape index (κ2) is 6.76. The van der Waals surface area contributed by atoms with E-state index in [9.17, 15) is 9.18 Å². The van der Waals surface area contributed by atoms with Gasteiger partial charge in [0.2, 0.25) is 0 Å². The number of amides is 1. The van der Waals surface area contributed by atoms with Gasteiger partial charge in [0.1, 0.15) is 23.4 Å². The van der Waals surface area contributed by atoms with E-state index in [1.807, 2.05) is 19.1 Å². The third-order valence-electron chi connectivity index (χ3n) is 4.40. The van der Waals surface area contributed by atoms with Crippen LogP contribution in [-0.2, 0) is 4.74 Å². The van der Waals surface area contributed by atoms with Gasteiger partial charge in [-0.1, -0.05) is 12.1 Å². The third kappa shape index (κ3) is 3.25. The van der Waals surface area contributed by atoms with Gasteiger partial charge in [-0.05, 0) is 36.8 Å². The summed E-state index contributed by atoms with van der Waals surface area (Å²) in [4.78, 5) is 14.5. The predicted molar refractivity (Wildman–Crippen MR) is 92.0 cm³/mol. The molecule has 0 spiro atoms. The maximum atomic E-state index is 13.1. The molecule has 0 bridgehead atoms. The first-order valence-corrected chi connectivity index (χ1v) is 8.39. The number of aromatic amines is 1. The molecule has 0 saturated carbocycles. The lowest BCUT2D eigenvalue weighted by molar-refractivity contribution is -0.0230. The van der Waals surface area contributed by atoms with Crippen LogP contribution in [0.2, 0.25) is 0 Å². The summed E-state index contributed by atoms with van der Waals surface area (Å²) in [6, 6.07) is 11.5.